The second-order valence-electron chi connectivity index (χ2n) is 5.75. The molecule has 0 unspecified atom stereocenters. The Bertz CT molecular complexity index is 959. The van der Waals surface area contributed by atoms with Crippen molar-refractivity contribution in [3.63, 3.8) is 0 Å². The van der Waals surface area contributed by atoms with Crippen LogP contribution in [0.3, 0.4) is 0 Å². The third kappa shape index (κ3) is 5.61. The van der Waals surface area contributed by atoms with Gasteiger partial charge in [-0.25, -0.2) is 0 Å². The number of carbonyl (C=O) groups excluding carboxylic acids is 2. The van der Waals surface area contributed by atoms with Gasteiger partial charge < -0.3 is 19.8 Å². The Balaban J connectivity index is 1.49. The van der Waals surface area contributed by atoms with Crippen LogP contribution in [0.4, 0.5) is 5.69 Å². The summed E-state index contributed by atoms with van der Waals surface area (Å²) >= 11 is 9.35. The van der Waals surface area contributed by atoms with E-state index in [1.54, 1.807) is 60.9 Å². The zero-order chi connectivity index (χ0) is 19.9. The van der Waals surface area contributed by atoms with E-state index in [0.29, 0.717) is 34.3 Å². The summed E-state index contributed by atoms with van der Waals surface area (Å²) in [6.07, 6.45) is 1.55. The Hall–Kier alpha value is -2.77. The molecule has 2 N–H and O–H groups in total. The number of amides is 2. The molecule has 3 aromatic rings. The second kappa shape index (κ2) is 9.43. The Labute approximate surface area is 175 Å². The Morgan fingerprint density at radius 2 is 1.89 bits per heavy atom. The first-order valence-corrected chi connectivity index (χ1v) is 9.47. The standard InChI is InChI=1S/C20H16BrClN2O4/c21-14-5-8-18(17(22)10-14)28-12-19(25)24-15-6-3-13(4-7-15)20(26)23-11-16-2-1-9-27-16/h1-10H,11-12H2,(H,23,26)(H,24,25). The van der Waals surface area contributed by atoms with Crippen LogP contribution in [0.1, 0.15) is 16.1 Å². The van der Waals surface area contributed by atoms with Crippen molar-refractivity contribution >= 4 is 45.0 Å². The van der Waals surface area contributed by atoms with Gasteiger partial charge in [0.15, 0.2) is 6.61 Å². The number of hydrogen-bond acceptors (Lipinski definition) is 4. The zero-order valence-electron chi connectivity index (χ0n) is 14.6. The maximum Gasteiger partial charge on any atom is 0.262 e. The highest BCUT2D eigenvalue weighted by Crippen LogP contribution is 2.27. The van der Waals surface area contributed by atoms with E-state index in [4.69, 9.17) is 20.8 Å². The summed E-state index contributed by atoms with van der Waals surface area (Å²) in [5.74, 6) is 0.517. The minimum absolute atomic E-state index is 0.188. The first-order valence-electron chi connectivity index (χ1n) is 8.29. The molecule has 0 spiro atoms. The van der Waals surface area contributed by atoms with E-state index in [0.717, 1.165) is 4.47 Å². The lowest BCUT2D eigenvalue weighted by molar-refractivity contribution is -0.118. The Morgan fingerprint density at radius 1 is 1.11 bits per heavy atom. The van der Waals surface area contributed by atoms with E-state index in [2.05, 4.69) is 26.6 Å². The molecule has 2 amide bonds. The normalized spacial score (nSPS) is 10.4. The third-order valence-corrected chi connectivity index (χ3v) is 4.48. The number of carbonyl (C=O) groups is 2. The minimum atomic E-state index is -0.339. The van der Waals surface area contributed by atoms with Crippen LogP contribution in [-0.4, -0.2) is 18.4 Å². The highest BCUT2D eigenvalue weighted by atomic mass is 79.9. The van der Waals surface area contributed by atoms with Crippen molar-refractivity contribution in [1.29, 1.82) is 0 Å². The maximum atomic E-state index is 12.1. The number of halogens is 2. The third-order valence-electron chi connectivity index (χ3n) is 3.69. The topological polar surface area (TPSA) is 80.6 Å². The van der Waals surface area contributed by atoms with Crippen LogP contribution in [0, 0.1) is 0 Å². The van der Waals surface area contributed by atoms with Crippen LogP contribution >= 0.6 is 27.5 Å². The van der Waals surface area contributed by atoms with Crippen LogP contribution < -0.4 is 15.4 Å². The molecule has 0 atom stereocenters. The van der Waals surface area contributed by atoms with Gasteiger partial charge in [-0.1, -0.05) is 27.5 Å². The molecule has 1 aromatic heterocycles. The summed E-state index contributed by atoms with van der Waals surface area (Å²) < 4.78 is 11.4. The predicted molar refractivity (Wildman–Crippen MR) is 110 cm³/mol. The van der Waals surface area contributed by atoms with Crippen molar-refractivity contribution < 1.29 is 18.7 Å². The van der Waals surface area contributed by atoms with Crippen molar-refractivity contribution in [3.05, 3.63) is 81.7 Å². The van der Waals surface area contributed by atoms with Gasteiger partial charge in [-0.15, -0.1) is 0 Å². The maximum absolute atomic E-state index is 12.1. The molecule has 0 radical (unpaired) electrons. The van der Waals surface area contributed by atoms with Crippen molar-refractivity contribution in [1.82, 2.24) is 5.32 Å². The Morgan fingerprint density at radius 3 is 2.57 bits per heavy atom. The number of ether oxygens (including phenoxy) is 1. The van der Waals surface area contributed by atoms with Gasteiger partial charge in [-0.3, -0.25) is 9.59 Å². The molecule has 0 saturated heterocycles. The van der Waals surface area contributed by atoms with Crippen LogP contribution in [0.25, 0.3) is 0 Å². The largest absolute Gasteiger partial charge is 0.482 e. The van der Waals surface area contributed by atoms with Gasteiger partial charge in [0, 0.05) is 15.7 Å². The number of rotatable bonds is 7. The summed E-state index contributed by atoms with van der Waals surface area (Å²) in [5.41, 5.74) is 1.03. The molecule has 1 heterocycles. The lowest BCUT2D eigenvalue weighted by atomic mass is 10.2. The highest BCUT2D eigenvalue weighted by Gasteiger charge is 2.09. The SMILES string of the molecule is O=C(COc1ccc(Br)cc1Cl)Nc1ccc(C(=O)NCc2ccco2)cc1. The molecule has 8 heteroatoms. The zero-order valence-corrected chi connectivity index (χ0v) is 16.9. The molecule has 6 nitrogen and oxygen atoms in total. The number of furan rings is 1. The van der Waals surface area contributed by atoms with Gasteiger partial charge in [0.25, 0.3) is 11.8 Å². The Kier molecular flexibility index (Phi) is 6.73. The molecule has 0 aliphatic heterocycles. The van der Waals surface area contributed by atoms with E-state index < -0.39 is 0 Å². The molecule has 28 heavy (non-hydrogen) atoms. The molecule has 3 rings (SSSR count). The quantitative estimate of drug-likeness (QED) is 0.535. The van der Waals surface area contributed by atoms with E-state index in [9.17, 15) is 9.59 Å². The van der Waals surface area contributed by atoms with Crippen molar-refractivity contribution in [2.75, 3.05) is 11.9 Å². The number of anilines is 1. The monoisotopic (exact) mass is 462 g/mol. The van der Waals surface area contributed by atoms with Gasteiger partial charge in [0.05, 0.1) is 17.8 Å². The van der Waals surface area contributed by atoms with Crippen LogP contribution in [0.5, 0.6) is 5.75 Å². The molecular weight excluding hydrogens is 448 g/mol. The van der Waals surface area contributed by atoms with Gasteiger partial charge in [-0.05, 0) is 54.6 Å². The fourth-order valence-corrected chi connectivity index (χ4v) is 3.05. The van der Waals surface area contributed by atoms with E-state index in [-0.39, 0.29) is 18.4 Å². The minimum Gasteiger partial charge on any atom is -0.482 e. The molecule has 0 fully saturated rings. The molecule has 0 aliphatic rings. The van der Waals surface area contributed by atoms with Gasteiger partial charge >= 0.3 is 0 Å². The van der Waals surface area contributed by atoms with Gasteiger partial charge in [0.2, 0.25) is 0 Å². The lowest BCUT2D eigenvalue weighted by Gasteiger charge is -2.09. The average Bonchev–Trinajstić information content (AvgIpc) is 3.19. The van der Waals surface area contributed by atoms with Crippen LogP contribution in [-0.2, 0) is 11.3 Å². The first-order chi connectivity index (χ1) is 13.5. The molecule has 144 valence electrons. The van der Waals surface area contributed by atoms with Gasteiger partial charge in [0.1, 0.15) is 11.5 Å². The summed E-state index contributed by atoms with van der Waals surface area (Å²) in [4.78, 5) is 24.2. The van der Waals surface area contributed by atoms with Crippen molar-refractivity contribution in [3.8, 4) is 5.75 Å². The second-order valence-corrected chi connectivity index (χ2v) is 7.07. The van der Waals surface area contributed by atoms with Crippen LogP contribution in [0.2, 0.25) is 5.02 Å². The molecule has 0 saturated carbocycles. The fourth-order valence-electron chi connectivity index (χ4n) is 2.32. The molecular formula is C20H16BrClN2O4. The van der Waals surface area contributed by atoms with Crippen LogP contribution in [0.15, 0.2) is 69.8 Å². The van der Waals surface area contributed by atoms with Gasteiger partial charge in [-0.2, -0.15) is 0 Å². The van der Waals surface area contributed by atoms with Crippen molar-refractivity contribution in [2.24, 2.45) is 0 Å². The van der Waals surface area contributed by atoms with E-state index in [1.807, 2.05) is 0 Å². The summed E-state index contributed by atoms with van der Waals surface area (Å²) in [6.45, 7) is 0.118. The highest BCUT2D eigenvalue weighted by molar-refractivity contribution is 9.10. The number of nitrogens with one attached hydrogen (secondary N) is 2. The first kappa shape index (κ1) is 20.0. The molecule has 2 aromatic carbocycles. The summed E-state index contributed by atoms with van der Waals surface area (Å²) in [5, 5.41) is 5.86. The molecule has 0 aliphatic carbocycles. The smallest absolute Gasteiger partial charge is 0.262 e. The summed E-state index contributed by atoms with van der Waals surface area (Å²) in [6, 6.07) is 15.2. The van der Waals surface area contributed by atoms with E-state index in [1.165, 1.54) is 0 Å². The average molecular weight is 464 g/mol. The number of benzene rings is 2. The molecule has 0 bridgehead atoms. The number of hydrogen-bond donors (Lipinski definition) is 2. The van der Waals surface area contributed by atoms with E-state index >= 15 is 0 Å². The van der Waals surface area contributed by atoms with Crippen molar-refractivity contribution in [2.45, 2.75) is 6.54 Å². The predicted octanol–water partition coefficient (Wildman–Crippen LogP) is 4.64. The fraction of sp³-hybridized carbons (Fsp3) is 0.100. The summed E-state index contributed by atoms with van der Waals surface area (Å²) in [7, 11) is 0. The lowest BCUT2D eigenvalue weighted by Crippen LogP contribution is -2.23.